The zero-order chi connectivity index (χ0) is 29.8. The smallest absolute Gasteiger partial charge is 0.249 e. The Labute approximate surface area is 259 Å². The summed E-state index contributed by atoms with van der Waals surface area (Å²) in [5.41, 5.74) is 6.45. The van der Waals surface area contributed by atoms with Gasteiger partial charge in [0.1, 0.15) is 5.54 Å². The summed E-state index contributed by atoms with van der Waals surface area (Å²) in [7, 11) is 0. The van der Waals surface area contributed by atoms with Gasteiger partial charge in [0, 0.05) is 48.3 Å². The van der Waals surface area contributed by atoms with E-state index in [1.807, 2.05) is 41.3 Å². The van der Waals surface area contributed by atoms with Gasteiger partial charge in [-0.3, -0.25) is 14.9 Å². The molecule has 1 saturated heterocycles. The van der Waals surface area contributed by atoms with Crippen LogP contribution in [0.2, 0.25) is 5.02 Å². The number of hydrogen-bond donors (Lipinski definition) is 2. The molecule has 2 heterocycles. The fourth-order valence-corrected chi connectivity index (χ4v) is 7.96. The monoisotopic (exact) mass is 596 g/mol. The molecule has 3 unspecified atom stereocenters. The van der Waals surface area contributed by atoms with E-state index in [2.05, 4.69) is 59.7 Å². The third-order valence-electron chi connectivity index (χ3n) is 10.2. The molecule has 3 aromatic rings. The van der Waals surface area contributed by atoms with Gasteiger partial charge in [-0.25, -0.2) is 0 Å². The average Bonchev–Trinajstić information content (AvgIpc) is 3.75. The Hall–Kier alpha value is -3.35. The Kier molecular flexibility index (Phi) is 7.26. The van der Waals surface area contributed by atoms with Crippen molar-refractivity contribution in [3.05, 3.63) is 99.6 Å². The van der Waals surface area contributed by atoms with Gasteiger partial charge in [-0.15, -0.1) is 0 Å². The van der Waals surface area contributed by atoms with Crippen LogP contribution in [0, 0.1) is 0 Å². The first-order valence-corrected chi connectivity index (χ1v) is 16.2. The maximum absolute atomic E-state index is 14.4. The molecule has 6 nitrogen and oxygen atoms in total. The molecule has 2 N–H and O–H groups in total. The van der Waals surface area contributed by atoms with Crippen LogP contribution >= 0.6 is 11.6 Å². The highest BCUT2D eigenvalue weighted by molar-refractivity contribution is 6.30. The lowest BCUT2D eigenvalue weighted by molar-refractivity contribution is -0.138. The second-order valence-corrected chi connectivity index (χ2v) is 13.8. The molecule has 2 aliphatic carbocycles. The molecule has 2 fully saturated rings. The number of aryl methyl sites for hydroxylation is 1. The van der Waals surface area contributed by atoms with Crippen LogP contribution < -0.4 is 15.5 Å². The fraction of sp³-hybridized carbons (Fsp3) is 0.444. The molecule has 4 aliphatic rings. The molecule has 1 saturated carbocycles. The number of piperazine rings is 1. The van der Waals surface area contributed by atoms with Crippen LogP contribution in [0.5, 0.6) is 0 Å². The summed E-state index contributed by atoms with van der Waals surface area (Å²) in [5, 5.41) is 7.54. The zero-order valence-electron chi connectivity index (χ0n) is 25.2. The number of nitrogens with zero attached hydrogens (tertiary/aromatic N) is 2. The molecular weight excluding hydrogens is 556 g/mol. The van der Waals surface area contributed by atoms with Gasteiger partial charge in [0.15, 0.2) is 0 Å². The number of rotatable bonds is 5. The third-order valence-corrected chi connectivity index (χ3v) is 10.5. The summed E-state index contributed by atoms with van der Waals surface area (Å²) in [6, 6.07) is 22.3. The molecule has 0 bridgehead atoms. The number of anilines is 1. The first kappa shape index (κ1) is 28.4. The predicted octanol–water partition coefficient (Wildman–Crippen LogP) is 5.36. The molecule has 2 aliphatic heterocycles. The largest absolute Gasteiger partial charge is 0.368 e. The molecule has 7 heteroatoms. The lowest BCUT2D eigenvalue weighted by atomic mass is 9.82. The van der Waals surface area contributed by atoms with Crippen molar-refractivity contribution in [2.24, 2.45) is 0 Å². The van der Waals surface area contributed by atoms with E-state index in [-0.39, 0.29) is 23.3 Å². The fourth-order valence-electron chi connectivity index (χ4n) is 7.84. The van der Waals surface area contributed by atoms with E-state index >= 15 is 0 Å². The number of fused-ring (bicyclic) bond motifs is 2. The Morgan fingerprint density at radius 2 is 1.60 bits per heavy atom. The van der Waals surface area contributed by atoms with E-state index in [0.29, 0.717) is 31.0 Å². The van der Waals surface area contributed by atoms with E-state index in [1.54, 1.807) is 0 Å². The molecule has 3 aromatic carbocycles. The van der Waals surface area contributed by atoms with E-state index in [4.69, 9.17) is 11.6 Å². The molecule has 224 valence electrons. The van der Waals surface area contributed by atoms with E-state index in [1.165, 1.54) is 40.8 Å². The van der Waals surface area contributed by atoms with Crippen molar-refractivity contribution in [1.82, 2.24) is 15.5 Å². The summed E-state index contributed by atoms with van der Waals surface area (Å²) in [4.78, 5) is 32.8. The second-order valence-electron chi connectivity index (χ2n) is 13.4. The second kappa shape index (κ2) is 11.0. The molecule has 0 aromatic heterocycles. The van der Waals surface area contributed by atoms with Gasteiger partial charge in [-0.05, 0) is 98.4 Å². The van der Waals surface area contributed by atoms with Crippen molar-refractivity contribution in [3.63, 3.8) is 0 Å². The van der Waals surface area contributed by atoms with Crippen molar-refractivity contribution in [1.29, 1.82) is 0 Å². The molecule has 3 atom stereocenters. The minimum Gasteiger partial charge on any atom is -0.368 e. The van der Waals surface area contributed by atoms with Crippen molar-refractivity contribution in [2.45, 2.75) is 75.4 Å². The Morgan fingerprint density at radius 1 is 0.884 bits per heavy atom. The highest BCUT2D eigenvalue weighted by Crippen LogP contribution is 2.53. The van der Waals surface area contributed by atoms with Gasteiger partial charge >= 0.3 is 0 Å². The molecule has 0 radical (unpaired) electrons. The number of carbonyl (C=O) groups is 2. The summed E-state index contributed by atoms with van der Waals surface area (Å²) in [6.07, 6.45) is 6.00. The van der Waals surface area contributed by atoms with Crippen LogP contribution in [-0.4, -0.2) is 54.5 Å². The summed E-state index contributed by atoms with van der Waals surface area (Å²) in [5.74, 6) is -0.155. The number of carbonyl (C=O) groups excluding carboxylic acids is 2. The minimum atomic E-state index is -0.943. The maximum Gasteiger partial charge on any atom is 0.249 e. The number of hydrogen-bond acceptors (Lipinski definition) is 4. The predicted molar refractivity (Wildman–Crippen MR) is 172 cm³/mol. The minimum absolute atomic E-state index is 0.0333. The standard InChI is InChI=1S/C36H41ClN4O2/c1-35(2)29-12-6-4-9-26(29)22-31(38-35)33(42)39-36(23-30(36)25-14-16-27(37)17-15-25)34(43)41-20-18-40(19-21-41)32-13-7-10-24-8-3-5-11-28(24)32/h4,6-7,9-10,12-17,30-31,38H,3,5,8,11,18-23H2,1-2H3,(H,39,42). The van der Waals surface area contributed by atoms with Crippen molar-refractivity contribution >= 4 is 29.1 Å². The van der Waals surface area contributed by atoms with Crippen molar-refractivity contribution < 1.29 is 9.59 Å². The quantitative estimate of drug-likeness (QED) is 0.416. The van der Waals surface area contributed by atoms with Crippen molar-refractivity contribution in [3.8, 4) is 0 Å². The molecular formula is C36H41ClN4O2. The van der Waals surface area contributed by atoms with Gasteiger partial charge in [0.2, 0.25) is 11.8 Å². The van der Waals surface area contributed by atoms with Crippen LogP contribution in [0.4, 0.5) is 5.69 Å². The Morgan fingerprint density at radius 3 is 2.40 bits per heavy atom. The van der Waals surface area contributed by atoms with Crippen LogP contribution in [-0.2, 0) is 34.4 Å². The highest BCUT2D eigenvalue weighted by atomic mass is 35.5. The topological polar surface area (TPSA) is 64.7 Å². The van der Waals surface area contributed by atoms with Gasteiger partial charge in [0.05, 0.1) is 6.04 Å². The molecule has 7 rings (SSSR count). The van der Waals surface area contributed by atoms with Gasteiger partial charge < -0.3 is 15.1 Å². The van der Waals surface area contributed by atoms with Gasteiger partial charge in [-0.2, -0.15) is 0 Å². The van der Waals surface area contributed by atoms with Crippen LogP contribution in [0.15, 0.2) is 66.7 Å². The summed E-state index contributed by atoms with van der Waals surface area (Å²) >= 11 is 6.20. The van der Waals surface area contributed by atoms with Gasteiger partial charge in [-0.1, -0.05) is 60.1 Å². The number of benzene rings is 3. The first-order valence-electron chi connectivity index (χ1n) is 15.8. The van der Waals surface area contributed by atoms with Crippen LogP contribution in [0.25, 0.3) is 0 Å². The first-order chi connectivity index (χ1) is 20.7. The SMILES string of the molecule is CC1(C)NC(C(=O)NC2(C(=O)N3CCN(c4cccc5c4CCCC5)CC3)CC2c2ccc(Cl)cc2)Cc2ccccc21. The maximum atomic E-state index is 14.4. The van der Waals surface area contributed by atoms with E-state index < -0.39 is 11.6 Å². The van der Waals surface area contributed by atoms with Crippen LogP contribution in [0.1, 0.15) is 66.8 Å². The number of amides is 2. The van der Waals surface area contributed by atoms with E-state index in [9.17, 15) is 9.59 Å². The number of halogens is 1. The average molecular weight is 597 g/mol. The zero-order valence-corrected chi connectivity index (χ0v) is 25.9. The Bertz CT molecular complexity index is 1550. The van der Waals surface area contributed by atoms with E-state index in [0.717, 1.165) is 31.5 Å². The molecule has 43 heavy (non-hydrogen) atoms. The molecule has 0 spiro atoms. The Balaban J connectivity index is 1.10. The number of nitrogens with one attached hydrogen (secondary N) is 2. The summed E-state index contributed by atoms with van der Waals surface area (Å²) in [6.45, 7) is 7.12. The summed E-state index contributed by atoms with van der Waals surface area (Å²) < 4.78 is 0. The lowest BCUT2D eigenvalue weighted by Gasteiger charge is -2.41. The van der Waals surface area contributed by atoms with Crippen LogP contribution in [0.3, 0.4) is 0 Å². The highest BCUT2D eigenvalue weighted by Gasteiger charge is 2.63. The van der Waals surface area contributed by atoms with Crippen molar-refractivity contribution in [2.75, 3.05) is 31.1 Å². The molecule has 2 amide bonds. The normalized spacial score (nSPS) is 25.8. The van der Waals surface area contributed by atoms with Gasteiger partial charge in [0.25, 0.3) is 0 Å². The third kappa shape index (κ3) is 5.23. The lowest BCUT2D eigenvalue weighted by Crippen LogP contribution is -2.61.